The fourth-order valence-corrected chi connectivity index (χ4v) is 3.10. The summed E-state index contributed by atoms with van der Waals surface area (Å²) in [5, 5.41) is 12.9. The second kappa shape index (κ2) is 9.21. The summed E-state index contributed by atoms with van der Waals surface area (Å²) in [6.45, 7) is 1.38. The Hall–Kier alpha value is -3.68. The number of carbonyl (C=O) groups excluding carboxylic acids is 2. The van der Waals surface area contributed by atoms with E-state index in [-0.39, 0.29) is 18.2 Å². The molecule has 2 N–H and O–H groups in total. The molecule has 1 aromatic heterocycles. The summed E-state index contributed by atoms with van der Waals surface area (Å²) in [6.07, 6.45) is 1.38. The van der Waals surface area contributed by atoms with Crippen LogP contribution in [0.5, 0.6) is 17.2 Å². The number of hydrogen-bond donors (Lipinski definition) is 2. The van der Waals surface area contributed by atoms with Crippen LogP contribution in [0.4, 0.5) is 0 Å². The van der Waals surface area contributed by atoms with E-state index in [1.807, 2.05) is 0 Å². The van der Waals surface area contributed by atoms with Crippen LogP contribution < -0.4 is 14.8 Å². The molecule has 0 aliphatic carbocycles. The predicted molar refractivity (Wildman–Crippen MR) is 109 cm³/mol. The van der Waals surface area contributed by atoms with Crippen LogP contribution in [-0.4, -0.2) is 37.8 Å². The average molecular weight is 413 g/mol. The lowest BCUT2D eigenvalue weighted by Crippen LogP contribution is -2.31. The van der Waals surface area contributed by atoms with E-state index in [2.05, 4.69) is 5.32 Å². The van der Waals surface area contributed by atoms with Gasteiger partial charge in [-0.3, -0.25) is 9.59 Å². The maximum Gasteiger partial charge on any atom is 0.310 e. The third-order valence-electron chi connectivity index (χ3n) is 4.62. The molecule has 158 valence electrons. The van der Waals surface area contributed by atoms with Crippen molar-refractivity contribution >= 4 is 22.8 Å². The van der Waals surface area contributed by atoms with Crippen molar-refractivity contribution in [2.45, 2.75) is 19.4 Å². The fraction of sp³-hybridized carbons (Fsp3) is 0.273. The van der Waals surface area contributed by atoms with Gasteiger partial charge in [0.2, 0.25) is 0 Å². The average Bonchev–Trinajstić information content (AvgIpc) is 3.13. The second-order valence-corrected chi connectivity index (χ2v) is 6.68. The molecule has 0 radical (unpaired) electrons. The van der Waals surface area contributed by atoms with Crippen LogP contribution in [0.15, 0.2) is 47.1 Å². The monoisotopic (exact) mass is 413 g/mol. The largest absolute Gasteiger partial charge is 0.508 e. The van der Waals surface area contributed by atoms with Crippen LogP contribution in [0.2, 0.25) is 0 Å². The maximum absolute atomic E-state index is 12.2. The molecule has 0 saturated carbocycles. The van der Waals surface area contributed by atoms with Crippen LogP contribution >= 0.6 is 0 Å². The van der Waals surface area contributed by atoms with Gasteiger partial charge in [0.1, 0.15) is 22.8 Å². The SMILES string of the molecule is COc1ccc(OC)c([C@@H](C)NC(=O)COC(=O)Cc2coc3cc(O)ccc23)c1. The zero-order chi connectivity index (χ0) is 21.7. The highest BCUT2D eigenvalue weighted by Crippen LogP contribution is 2.29. The first-order valence-corrected chi connectivity index (χ1v) is 9.27. The van der Waals surface area contributed by atoms with Gasteiger partial charge in [-0.15, -0.1) is 0 Å². The molecule has 0 aliphatic heterocycles. The Labute approximate surface area is 173 Å². The number of fused-ring (bicyclic) bond motifs is 1. The number of esters is 1. The topological polar surface area (TPSA) is 107 Å². The number of rotatable bonds is 8. The number of ether oxygens (including phenoxy) is 3. The van der Waals surface area contributed by atoms with Crippen LogP contribution in [0, 0.1) is 0 Å². The number of furan rings is 1. The number of phenolic OH excluding ortho intramolecular Hbond substituents is 1. The normalized spacial score (nSPS) is 11.7. The first kappa shape index (κ1) is 21.0. The van der Waals surface area contributed by atoms with Gasteiger partial charge < -0.3 is 29.1 Å². The maximum atomic E-state index is 12.2. The Morgan fingerprint density at radius 1 is 1.13 bits per heavy atom. The van der Waals surface area contributed by atoms with E-state index < -0.39 is 18.5 Å². The first-order valence-electron chi connectivity index (χ1n) is 9.27. The zero-order valence-electron chi connectivity index (χ0n) is 16.9. The summed E-state index contributed by atoms with van der Waals surface area (Å²) >= 11 is 0. The lowest BCUT2D eigenvalue weighted by Gasteiger charge is -2.18. The van der Waals surface area contributed by atoms with Crippen LogP contribution in [0.3, 0.4) is 0 Å². The molecule has 8 nitrogen and oxygen atoms in total. The van der Waals surface area contributed by atoms with Gasteiger partial charge in [-0.2, -0.15) is 0 Å². The van der Waals surface area contributed by atoms with E-state index in [0.29, 0.717) is 28.0 Å². The highest BCUT2D eigenvalue weighted by molar-refractivity contribution is 5.87. The molecule has 2 aromatic carbocycles. The summed E-state index contributed by atoms with van der Waals surface area (Å²) in [5.74, 6) is 0.317. The summed E-state index contributed by atoms with van der Waals surface area (Å²) in [5.41, 5.74) is 1.83. The van der Waals surface area contributed by atoms with Gasteiger partial charge in [-0.05, 0) is 37.3 Å². The van der Waals surface area contributed by atoms with Crippen molar-refractivity contribution in [3.05, 3.63) is 53.8 Å². The lowest BCUT2D eigenvalue weighted by molar-refractivity contribution is -0.148. The molecule has 0 fully saturated rings. The van der Waals surface area contributed by atoms with Gasteiger partial charge in [0.25, 0.3) is 5.91 Å². The third kappa shape index (κ3) is 4.83. The number of hydrogen-bond acceptors (Lipinski definition) is 7. The molecular formula is C22H23NO7. The summed E-state index contributed by atoms with van der Waals surface area (Å²) < 4.78 is 21.0. The van der Waals surface area contributed by atoms with Gasteiger partial charge in [0.15, 0.2) is 6.61 Å². The number of aromatic hydroxyl groups is 1. The van der Waals surface area contributed by atoms with Gasteiger partial charge in [-0.25, -0.2) is 0 Å². The van der Waals surface area contributed by atoms with E-state index in [1.54, 1.807) is 45.4 Å². The second-order valence-electron chi connectivity index (χ2n) is 6.68. The predicted octanol–water partition coefficient (Wildman–Crippen LogP) is 3.12. The Morgan fingerprint density at radius 3 is 2.67 bits per heavy atom. The minimum Gasteiger partial charge on any atom is -0.508 e. The van der Waals surface area contributed by atoms with Crippen LogP contribution in [0.25, 0.3) is 11.0 Å². The third-order valence-corrected chi connectivity index (χ3v) is 4.62. The molecule has 1 atom stereocenters. The highest BCUT2D eigenvalue weighted by Gasteiger charge is 2.17. The quantitative estimate of drug-likeness (QED) is 0.546. The van der Waals surface area contributed by atoms with Crippen molar-refractivity contribution in [3.63, 3.8) is 0 Å². The highest BCUT2D eigenvalue weighted by atomic mass is 16.5. The number of nitrogens with one attached hydrogen (secondary N) is 1. The summed E-state index contributed by atoms with van der Waals surface area (Å²) in [6, 6.07) is 9.54. The van der Waals surface area contributed by atoms with Gasteiger partial charge in [0.05, 0.1) is 32.9 Å². The molecule has 30 heavy (non-hydrogen) atoms. The Morgan fingerprint density at radius 2 is 1.93 bits per heavy atom. The minimum absolute atomic E-state index is 0.0513. The van der Waals surface area contributed by atoms with E-state index >= 15 is 0 Å². The fourth-order valence-electron chi connectivity index (χ4n) is 3.10. The molecular weight excluding hydrogens is 390 g/mol. The Balaban J connectivity index is 1.55. The van der Waals surface area contributed by atoms with Gasteiger partial charge in [0, 0.05) is 22.6 Å². The number of carbonyl (C=O) groups is 2. The van der Waals surface area contributed by atoms with Gasteiger partial charge >= 0.3 is 5.97 Å². The van der Waals surface area contributed by atoms with Crippen molar-refractivity contribution in [1.29, 1.82) is 0 Å². The molecule has 8 heteroatoms. The van der Waals surface area contributed by atoms with E-state index in [1.165, 1.54) is 18.4 Å². The zero-order valence-corrected chi connectivity index (χ0v) is 16.9. The van der Waals surface area contributed by atoms with Crippen molar-refractivity contribution < 1.29 is 33.3 Å². The standard InChI is InChI=1S/C22H23NO7/c1-13(18-10-16(27-2)5-7-19(18)28-3)23-21(25)12-30-22(26)8-14-11-29-20-9-15(24)4-6-17(14)20/h4-7,9-11,13,24H,8,12H2,1-3H3,(H,23,25)/t13-/m1/s1. The van der Waals surface area contributed by atoms with E-state index in [0.717, 1.165) is 5.56 Å². The molecule has 3 aromatic rings. The smallest absolute Gasteiger partial charge is 0.310 e. The van der Waals surface area contributed by atoms with Crippen LogP contribution in [0.1, 0.15) is 24.1 Å². The summed E-state index contributed by atoms with van der Waals surface area (Å²) in [4.78, 5) is 24.4. The van der Waals surface area contributed by atoms with Crippen LogP contribution in [-0.2, 0) is 20.7 Å². The molecule has 0 bridgehead atoms. The van der Waals surface area contributed by atoms with E-state index in [4.69, 9.17) is 18.6 Å². The number of methoxy groups -OCH3 is 2. The molecule has 0 aliphatic rings. The molecule has 0 unspecified atom stereocenters. The molecule has 1 heterocycles. The van der Waals surface area contributed by atoms with Gasteiger partial charge in [-0.1, -0.05) is 0 Å². The molecule has 3 rings (SSSR count). The summed E-state index contributed by atoms with van der Waals surface area (Å²) in [7, 11) is 3.10. The van der Waals surface area contributed by atoms with Crippen molar-refractivity contribution in [1.82, 2.24) is 5.32 Å². The number of phenols is 1. The Kier molecular flexibility index (Phi) is 6.46. The lowest BCUT2D eigenvalue weighted by atomic mass is 10.1. The van der Waals surface area contributed by atoms with Crippen molar-refractivity contribution in [2.75, 3.05) is 20.8 Å². The number of amides is 1. The molecule has 1 amide bonds. The van der Waals surface area contributed by atoms with Crippen molar-refractivity contribution in [2.24, 2.45) is 0 Å². The minimum atomic E-state index is -0.562. The van der Waals surface area contributed by atoms with Crippen molar-refractivity contribution in [3.8, 4) is 17.2 Å². The first-order chi connectivity index (χ1) is 14.4. The Bertz CT molecular complexity index is 1060. The van der Waals surface area contributed by atoms with E-state index in [9.17, 15) is 14.7 Å². The number of benzene rings is 2. The molecule has 0 spiro atoms. The molecule has 0 saturated heterocycles.